The van der Waals surface area contributed by atoms with Gasteiger partial charge in [0.1, 0.15) is 23.9 Å². The van der Waals surface area contributed by atoms with Crippen molar-refractivity contribution in [1.82, 2.24) is 20.3 Å². The highest BCUT2D eigenvalue weighted by Crippen LogP contribution is 2.31. The van der Waals surface area contributed by atoms with E-state index in [2.05, 4.69) is 15.6 Å². The predicted molar refractivity (Wildman–Crippen MR) is 150 cm³/mol. The van der Waals surface area contributed by atoms with Crippen molar-refractivity contribution >= 4 is 34.3 Å². The third-order valence-electron chi connectivity index (χ3n) is 6.81. The van der Waals surface area contributed by atoms with Crippen LogP contribution in [0.2, 0.25) is 0 Å². The maximum absolute atomic E-state index is 14.1. The maximum Gasteiger partial charge on any atom is 0.249 e. The van der Waals surface area contributed by atoms with E-state index in [0.29, 0.717) is 40.0 Å². The Morgan fingerprint density at radius 3 is 2.28 bits per heavy atom. The van der Waals surface area contributed by atoms with E-state index in [1.807, 2.05) is 45.0 Å². The van der Waals surface area contributed by atoms with Gasteiger partial charge in [0.15, 0.2) is 5.78 Å². The number of fused-ring (bicyclic) bond motifs is 1. The molecule has 0 fully saturated rings. The lowest BCUT2D eigenvalue weighted by Crippen LogP contribution is -2.51. The minimum atomic E-state index is -1.01. The second kappa shape index (κ2) is 11.5. The largest absolute Gasteiger partial charge is 0.497 e. The van der Waals surface area contributed by atoms with Gasteiger partial charge in [-0.25, -0.2) is 4.68 Å². The first-order valence-electron chi connectivity index (χ1n) is 12.8. The SMILES string of the molecule is CCC(C)(C)NC(=O)[C@@H](c1ccc(OC)cc1)N(C(=O)Cn1nnc2ccccc21)c1ccc(C(C)=O)cc1. The van der Waals surface area contributed by atoms with Crippen molar-refractivity contribution in [3.05, 3.63) is 83.9 Å². The quantitative estimate of drug-likeness (QED) is 0.299. The number of hydrogen-bond acceptors (Lipinski definition) is 6. The molecule has 9 heteroatoms. The molecule has 2 amide bonds. The molecule has 0 unspecified atom stereocenters. The van der Waals surface area contributed by atoms with Gasteiger partial charge < -0.3 is 10.1 Å². The minimum Gasteiger partial charge on any atom is -0.497 e. The molecule has 0 saturated carbocycles. The number of ether oxygens (including phenoxy) is 1. The average Bonchev–Trinajstić information content (AvgIpc) is 3.34. The maximum atomic E-state index is 14.1. The van der Waals surface area contributed by atoms with Crippen molar-refractivity contribution in [3.8, 4) is 5.75 Å². The number of nitrogens with zero attached hydrogens (tertiary/aromatic N) is 4. The molecule has 39 heavy (non-hydrogen) atoms. The number of carbonyl (C=O) groups excluding carboxylic acids is 3. The first kappa shape index (κ1) is 27.5. The fourth-order valence-corrected chi connectivity index (χ4v) is 4.23. The number of carbonyl (C=O) groups is 3. The summed E-state index contributed by atoms with van der Waals surface area (Å²) in [6.07, 6.45) is 0.695. The highest BCUT2D eigenvalue weighted by atomic mass is 16.5. The highest BCUT2D eigenvalue weighted by molar-refractivity contribution is 6.02. The Hall–Kier alpha value is -4.53. The molecule has 0 saturated heterocycles. The van der Waals surface area contributed by atoms with Crippen molar-refractivity contribution in [2.75, 3.05) is 12.0 Å². The van der Waals surface area contributed by atoms with Gasteiger partial charge in [0, 0.05) is 16.8 Å². The number of benzene rings is 3. The van der Waals surface area contributed by atoms with E-state index in [-0.39, 0.29) is 24.1 Å². The zero-order valence-corrected chi connectivity index (χ0v) is 22.8. The molecule has 0 aliphatic heterocycles. The van der Waals surface area contributed by atoms with Gasteiger partial charge in [0.05, 0.1) is 12.6 Å². The summed E-state index contributed by atoms with van der Waals surface area (Å²) in [5.41, 5.74) is 2.45. The Morgan fingerprint density at radius 1 is 1.00 bits per heavy atom. The summed E-state index contributed by atoms with van der Waals surface area (Å²) in [4.78, 5) is 41.5. The van der Waals surface area contributed by atoms with E-state index in [9.17, 15) is 14.4 Å². The smallest absolute Gasteiger partial charge is 0.249 e. The van der Waals surface area contributed by atoms with Crippen molar-refractivity contribution in [1.29, 1.82) is 0 Å². The Balaban J connectivity index is 1.83. The number of amides is 2. The van der Waals surface area contributed by atoms with Crippen LogP contribution in [0.5, 0.6) is 5.75 Å². The summed E-state index contributed by atoms with van der Waals surface area (Å²) in [6, 6.07) is 20.1. The summed E-state index contributed by atoms with van der Waals surface area (Å²) in [7, 11) is 1.57. The number of para-hydroxylation sites is 1. The van der Waals surface area contributed by atoms with Crippen LogP contribution < -0.4 is 15.0 Å². The van der Waals surface area contributed by atoms with Gasteiger partial charge in [-0.3, -0.25) is 19.3 Å². The van der Waals surface area contributed by atoms with Gasteiger partial charge in [-0.15, -0.1) is 5.10 Å². The Labute approximate surface area is 227 Å². The molecule has 0 aliphatic carbocycles. The van der Waals surface area contributed by atoms with Crippen molar-refractivity contribution in [3.63, 3.8) is 0 Å². The highest BCUT2D eigenvalue weighted by Gasteiger charge is 2.35. The number of anilines is 1. The standard InChI is InChI=1S/C30H33N5O4/c1-6-30(3,4)31-29(38)28(22-13-17-24(39-5)18-14-22)35(23-15-11-21(12-16-23)20(2)36)27(37)19-34-26-10-8-7-9-25(26)32-33-34/h7-18,28H,6,19H2,1-5H3,(H,31,38)/t28-/m1/s1. The van der Waals surface area contributed by atoms with Crippen LogP contribution in [0.25, 0.3) is 11.0 Å². The summed E-state index contributed by atoms with van der Waals surface area (Å²) in [6.45, 7) is 7.19. The summed E-state index contributed by atoms with van der Waals surface area (Å²) in [5, 5.41) is 11.4. The van der Waals surface area contributed by atoms with E-state index in [1.165, 1.54) is 16.5 Å². The Kier molecular flexibility index (Phi) is 8.09. The van der Waals surface area contributed by atoms with Gasteiger partial charge in [-0.1, -0.05) is 36.4 Å². The second-order valence-electron chi connectivity index (χ2n) is 10.0. The molecule has 4 aromatic rings. The number of ketones is 1. The average molecular weight is 528 g/mol. The topological polar surface area (TPSA) is 106 Å². The normalized spacial score (nSPS) is 12.1. The van der Waals surface area contributed by atoms with Gasteiger partial charge in [0.2, 0.25) is 11.8 Å². The van der Waals surface area contributed by atoms with E-state index < -0.39 is 11.6 Å². The van der Waals surface area contributed by atoms with Gasteiger partial charge in [-0.2, -0.15) is 0 Å². The monoisotopic (exact) mass is 527 g/mol. The van der Waals surface area contributed by atoms with E-state index in [1.54, 1.807) is 55.6 Å². The molecule has 4 rings (SSSR count). The van der Waals surface area contributed by atoms with Crippen LogP contribution in [0.15, 0.2) is 72.8 Å². The van der Waals surface area contributed by atoms with Gasteiger partial charge in [0.25, 0.3) is 0 Å². The molecule has 9 nitrogen and oxygen atoms in total. The number of methoxy groups -OCH3 is 1. The number of Topliss-reactive ketones (excluding diaryl/α,β-unsaturated/α-hetero) is 1. The van der Waals surface area contributed by atoms with E-state index in [0.717, 1.165) is 0 Å². The van der Waals surface area contributed by atoms with Crippen molar-refractivity contribution < 1.29 is 19.1 Å². The molecule has 0 aliphatic rings. The molecular formula is C30H33N5O4. The molecule has 202 valence electrons. The Morgan fingerprint density at radius 2 is 1.67 bits per heavy atom. The third kappa shape index (κ3) is 6.14. The number of aromatic nitrogens is 3. The molecular weight excluding hydrogens is 494 g/mol. The lowest BCUT2D eigenvalue weighted by atomic mass is 9.98. The molecule has 1 heterocycles. The second-order valence-corrected chi connectivity index (χ2v) is 10.0. The summed E-state index contributed by atoms with van der Waals surface area (Å²) >= 11 is 0. The summed E-state index contributed by atoms with van der Waals surface area (Å²) < 4.78 is 6.84. The summed E-state index contributed by atoms with van der Waals surface area (Å²) in [5.74, 6) is -0.168. The lowest BCUT2D eigenvalue weighted by molar-refractivity contribution is -0.128. The van der Waals surface area contributed by atoms with Gasteiger partial charge in [-0.05, 0) is 81.3 Å². The van der Waals surface area contributed by atoms with Crippen molar-refractivity contribution in [2.45, 2.75) is 52.2 Å². The zero-order valence-electron chi connectivity index (χ0n) is 22.8. The number of rotatable bonds is 10. The third-order valence-corrected chi connectivity index (χ3v) is 6.81. The molecule has 1 atom stereocenters. The van der Waals surface area contributed by atoms with Crippen molar-refractivity contribution in [2.24, 2.45) is 0 Å². The van der Waals surface area contributed by atoms with Gasteiger partial charge >= 0.3 is 0 Å². The number of nitrogens with one attached hydrogen (secondary N) is 1. The zero-order chi connectivity index (χ0) is 28.2. The van der Waals surface area contributed by atoms with Crippen LogP contribution in [0, 0.1) is 0 Å². The van der Waals surface area contributed by atoms with Crippen LogP contribution >= 0.6 is 0 Å². The van der Waals surface area contributed by atoms with Crippen LogP contribution in [-0.4, -0.2) is 45.2 Å². The molecule has 1 aromatic heterocycles. The predicted octanol–water partition coefficient (Wildman–Crippen LogP) is 4.72. The molecule has 3 aromatic carbocycles. The van der Waals surface area contributed by atoms with Crippen LogP contribution in [-0.2, 0) is 16.1 Å². The van der Waals surface area contributed by atoms with Crippen LogP contribution in [0.3, 0.4) is 0 Å². The number of hydrogen-bond donors (Lipinski definition) is 1. The van der Waals surface area contributed by atoms with Crippen LogP contribution in [0.1, 0.15) is 56.1 Å². The van der Waals surface area contributed by atoms with E-state index >= 15 is 0 Å². The molecule has 0 bridgehead atoms. The fourth-order valence-electron chi connectivity index (χ4n) is 4.23. The first-order chi connectivity index (χ1) is 18.6. The minimum absolute atomic E-state index is 0.0948. The van der Waals surface area contributed by atoms with Crippen LogP contribution in [0.4, 0.5) is 5.69 Å². The Bertz CT molecular complexity index is 1480. The molecule has 0 spiro atoms. The first-order valence-corrected chi connectivity index (χ1v) is 12.8. The lowest BCUT2D eigenvalue weighted by Gasteiger charge is -2.34. The van der Waals surface area contributed by atoms with E-state index in [4.69, 9.17) is 4.74 Å². The molecule has 0 radical (unpaired) electrons. The fraction of sp³-hybridized carbons (Fsp3) is 0.300. The molecule has 1 N–H and O–H groups in total.